The van der Waals surface area contributed by atoms with E-state index in [1.165, 1.54) is 42.9 Å². The molecule has 4 aliphatic rings. The first kappa shape index (κ1) is 62.1. The minimum Gasteiger partial charge on any atom is -0.495 e. The first-order valence-electron chi connectivity index (χ1n) is 25.5. The van der Waals surface area contributed by atoms with Gasteiger partial charge in [0, 0.05) is 85.2 Å². The second-order valence-corrected chi connectivity index (χ2v) is 22.0. The molecule has 2 heterocycles. The van der Waals surface area contributed by atoms with Crippen LogP contribution in [0.4, 0.5) is 14.4 Å². The van der Waals surface area contributed by atoms with Gasteiger partial charge in [-0.3, -0.25) is 24.5 Å². The van der Waals surface area contributed by atoms with Crippen LogP contribution in [0.2, 0.25) is 5.02 Å². The number of ketones is 1. The zero-order valence-corrected chi connectivity index (χ0v) is 48.1. The molecule has 2 aliphatic heterocycles. The van der Waals surface area contributed by atoms with Crippen molar-refractivity contribution in [2.24, 2.45) is 5.92 Å². The first-order chi connectivity index (χ1) is 36.0. The molecular formula is C53H75BrClN5O15S. The van der Waals surface area contributed by atoms with Crippen LogP contribution < -0.4 is 15.4 Å². The fourth-order valence-corrected chi connectivity index (χ4v) is 10.5. The number of alkyl halides is 1. The monoisotopic (exact) mass is 1170 g/mol. The van der Waals surface area contributed by atoms with Gasteiger partial charge in [0.15, 0.2) is 5.72 Å². The Morgan fingerprint density at radius 1 is 1.05 bits per heavy atom. The van der Waals surface area contributed by atoms with Crippen molar-refractivity contribution in [3.8, 4) is 5.75 Å². The molecule has 4 bridgehead atoms. The van der Waals surface area contributed by atoms with Gasteiger partial charge in [0.1, 0.15) is 47.6 Å². The topological polar surface area (TPSA) is 241 Å². The highest BCUT2D eigenvalue weighted by Crippen LogP contribution is 2.49. The van der Waals surface area contributed by atoms with Crippen LogP contribution in [0.25, 0.3) is 0 Å². The number of rotatable bonds is 17. The largest absolute Gasteiger partial charge is 0.495 e. The number of carbonyl (C=O) groups is 7. The lowest BCUT2D eigenvalue weighted by Gasteiger charge is -2.42. The maximum atomic E-state index is 14.1. The molecule has 76 heavy (non-hydrogen) atoms. The van der Waals surface area contributed by atoms with Crippen LogP contribution in [0.5, 0.6) is 5.75 Å². The number of nitrogens with one attached hydrogen (secondary N) is 2. The molecule has 10 atom stereocenters. The molecule has 1 aromatic carbocycles. The normalized spacial score (nSPS) is 28.7. The van der Waals surface area contributed by atoms with Crippen molar-refractivity contribution < 1.29 is 71.8 Å². The molecule has 0 spiro atoms. The SMILES string of the molecule is COc1cc2cc(c1Cl)CC(=O)C[C@H](OC(=O)[C@H](C)N(C)C(=O)CCSC(=O)N(C)CCN(C)C(=O)OC1/C=C/CCCCC1OCCNC(=O)CBr)[C@]1(C)O[C@H]1[C@H](C)[C@@H]1C[C@@](O)(NC(=O)O1)[C@H](OC)/C=C/C=C(\C)C2. The Balaban J connectivity index is 1.20. The molecule has 23 heteroatoms. The van der Waals surface area contributed by atoms with Crippen molar-refractivity contribution in [2.75, 3.05) is 72.7 Å². The molecule has 2 unspecified atom stereocenters. The van der Waals surface area contributed by atoms with E-state index in [-0.39, 0.29) is 78.4 Å². The van der Waals surface area contributed by atoms with E-state index >= 15 is 0 Å². The summed E-state index contributed by atoms with van der Waals surface area (Å²) >= 11 is 10.8. The molecule has 20 nitrogen and oxygen atoms in total. The van der Waals surface area contributed by atoms with Gasteiger partial charge < -0.3 is 58.3 Å². The Bertz CT molecular complexity index is 2340. The maximum absolute atomic E-state index is 14.1. The number of amides is 5. The third-order valence-corrected chi connectivity index (χ3v) is 16.1. The zero-order valence-electron chi connectivity index (χ0n) is 44.9. The number of esters is 1. The van der Waals surface area contributed by atoms with Crippen LogP contribution in [0, 0.1) is 5.92 Å². The summed E-state index contributed by atoms with van der Waals surface area (Å²) in [6.07, 6.45) is 5.98. The van der Waals surface area contributed by atoms with E-state index in [1.54, 1.807) is 46.2 Å². The molecule has 422 valence electrons. The summed E-state index contributed by atoms with van der Waals surface area (Å²) in [6.45, 7) is 7.79. The summed E-state index contributed by atoms with van der Waals surface area (Å²) in [7, 11) is 7.50. The van der Waals surface area contributed by atoms with Crippen molar-refractivity contribution in [1.29, 1.82) is 0 Å². The summed E-state index contributed by atoms with van der Waals surface area (Å²) in [5, 5.41) is 17.2. The highest BCUT2D eigenvalue weighted by atomic mass is 79.9. The minimum atomic E-state index is -1.87. The van der Waals surface area contributed by atoms with Gasteiger partial charge in [-0.2, -0.15) is 0 Å². The predicted molar refractivity (Wildman–Crippen MR) is 288 cm³/mol. The Hall–Kier alpha value is -4.71. The van der Waals surface area contributed by atoms with E-state index < -0.39 is 84.0 Å². The van der Waals surface area contributed by atoms with Gasteiger partial charge in [-0.1, -0.05) is 88.6 Å². The Morgan fingerprint density at radius 2 is 1.79 bits per heavy atom. The van der Waals surface area contributed by atoms with E-state index in [9.17, 15) is 38.7 Å². The summed E-state index contributed by atoms with van der Waals surface area (Å²) in [5.41, 5.74) is -0.911. The van der Waals surface area contributed by atoms with Crippen LogP contribution in [0.3, 0.4) is 0 Å². The van der Waals surface area contributed by atoms with E-state index in [4.69, 9.17) is 44.8 Å². The number of carbonyl (C=O) groups excluding carboxylic acids is 7. The summed E-state index contributed by atoms with van der Waals surface area (Å²) in [6, 6.07) is 2.48. The van der Waals surface area contributed by atoms with Crippen LogP contribution in [-0.2, 0) is 60.4 Å². The van der Waals surface area contributed by atoms with Crippen molar-refractivity contribution in [2.45, 2.75) is 139 Å². The quantitative estimate of drug-likeness (QED) is 0.0387. The van der Waals surface area contributed by atoms with Crippen molar-refractivity contribution in [1.82, 2.24) is 25.3 Å². The van der Waals surface area contributed by atoms with Crippen molar-refractivity contribution >= 4 is 80.3 Å². The second-order valence-electron chi connectivity index (χ2n) is 20.0. The second kappa shape index (κ2) is 28.8. The fraction of sp³-hybridized carbons (Fsp3) is 0.642. The number of Topliss-reactive ketones (excluding diaryl/α,β-unsaturated/α-hetero) is 1. The zero-order chi connectivity index (χ0) is 55.9. The van der Waals surface area contributed by atoms with Crippen LogP contribution in [-0.4, -0.2) is 187 Å². The third kappa shape index (κ3) is 17.1. The number of alkyl carbamates (subject to hydrolysis) is 1. The average molecular weight is 1170 g/mol. The van der Waals surface area contributed by atoms with Gasteiger partial charge in [0.2, 0.25) is 11.8 Å². The molecule has 2 aliphatic carbocycles. The van der Waals surface area contributed by atoms with Gasteiger partial charge in [-0.05, 0) is 69.7 Å². The van der Waals surface area contributed by atoms with Crippen LogP contribution in [0.15, 0.2) is 48.1 Å². The minimum absolute atomic E-state index is 0.0893. The van der Waals surface area contributed by atoms with E-state index in [2.05, 4.69) is 26.6 Å². The molecule has 2 saturated heterocycles. The van der Waals surface area contributed by atoms with E-state index in [1.807, 2.05) is 31.2 Å². The number of hydrogen-bond donors (Lipinski definition) is 3. The third-order valence-electron chi connectivity index (χ3n) is 14.2. The maximum Gasteiger partial charge on any atom is 0.410 e. The number of hydrogen-bond acceptors (Lipinski definition) is 16. The predicted octanol–water partition coefficient (Wildman–Crippen LogP) is 6.30. The number of likely N-dealkylation sites (N-methyl/N-ethyl adjacent to an activating group) is 3. The standard InChI is InChI=1S/C53H75BrClN5O15S/c1-32-15-14-18-42(70-9)53(68)30-41(72-49(65)57-53)33(2)47-52(4,75-47)43(29-37(61)28-36-26-35(25-32)27-40(69-8)46(36)55)74-48(64)34(3)60(7)45(63)19-24-76-51(67)59(6)22-21-58(5)50(66)73-39-17-13-11-10-12-16-38(39)71-23-20-56-44(62)31-54/h13-15,17-18,26-27,33-34,38-39,41-43,47,68H,10-12,16,19-25,28-31H2,1-9H3,(H,56,62)(H,57,65)/b17-13+,18-14+,32-15+/t33-,34+,38?,39?,41+,42-,43+,47+,52+,53+/m1/s1. The number of fused-ring (bicyclic) bond motifs is 5. The van der Waals surface area contributed by atoms with Crippen molar-refractivity contribution in [3.63, 3.8) is 0 Å². The number of thioether (sulfide) groups is 1. The lowest BCUT2D eigenvalue weighted by atomic mass is 9.83. The van der Waals surface area contributed by atoms with Crippen LogP contribution in [0.1, 0.15) is 83.8 Å². The molecule has 1 aromatic rings. The number of halogens is 2. The molecular weight excluding hydrogens is 1090 g/mol. The number of allylic oxidation sites excluding steroid dienone is 4. The van der Waals surface area contributed by atoms with Gasteiger partial charge in [-0.25, -0.2) is 14.4 Å². The molecule has 3 N–H and O–H groups in total. The molecule has 0 radical (unpaired) electrons. The lowest BCUT2D eigenvalue weighted by Crippen LogP contribution is -2.63. The fourth-order valence-electron chi connectivity index (χ4n) is 9.31. The summed E-state index contributed by atoms with van der Waals surface area (Å²) in [4.78, 5) is 96.6. The number of benzene rings is 1. The number of epoxide rings is 1. The lowest BCUT2D eigenvalue weighted by molar-refractivity contribution is -0.162. The van der Waals surface area contributed by atoms with Gasteiger partial charge in [0.25, 0.3) is 5.24 Å². The van der Waals surface area contributed by atoms with Crippen molar-refractivity contribution in [3.05, 3.63) is 64.2 Å². The molecule has 0 saturated carbocycles. The number of methoxy groups -OCH3 is 2. The number of ether oxygens (including phenoxy) is 7. The van der Waals surface area contributed by atoms with E-state index in [0.717, 1.165) is 42.2 Å². The smallest absolute Gasteiger partial charge is 0.410 e. The van der Waals surface area contributed by atoms with Gasteiger partial charge in [0.05, 0.1) is 36.3 Å². The highest BCUT2D eigenvalue weighted by Gasteiger charge is 2.64. The molecule has 5 amide bonds. The van der Waals surface area contributed by atoms with E-state index in [0.29, 0.717) is 30.7 Å². The molecule has 2 fully saturated rings. The Labute approximate surface area is 463 Å². The molecule has 0 aromatic heterocycles. The summed E-state index contributed by atoms with van der Waals surface area (Å²) in [5.74, 6) is -1.86. The van der Waals surface area contributed by atoms with Gasteiger partial charge in [-0.15, -0.1) is 0 Å². The summed E-state index contributed by atoms with van der Waals surface area (Å²) < 4.78 is 41.2. The Morgan fingerprint density at radius 3 is 2.50 bits per heavy atom. The highest BCUT2D eigenvalue weighted by molar-refractivity contribution is 9.09. The first-order valence-corrected chi connectivity index (χ1v) is 28.0. The number of aliphatic hydroxyl groups is 1. The average Bonchev–Trinajstić information content (AvgIpc) is 4.08. The molecule has 5 rings (SSSR count). The van der Waals surface area contributed by atoms with Crippen LogP contribution >= 0.6 is 39.3 Å². The number of nitrogens with zero attached hydrogens (tertiary/aromatic N) is 3. The Kier molecular flexibility index (Phi) is 23.5. The van der Waals surface area contributed by atoms with Gasteiger partial charge >= 0.3 is 18.2 Å².